The van der Waals surface area contributed by atoms with Crippen molar-refractivity contribution in [1.29, 1.82) is 0 Å². The molecule has 0 saturated heterocycles. The summed E-state index contributed by atoms with van der Waals surface area (Å²) in [5.41, 5.74) is 1.35. The van der Waals surface area contributed by atoms with E-state index in [0.29, 0.717) is 5.92 Å². The van der Waals surface area contributed by atoms with Gasteiger partial charge in [-0.1, -0.05) is 23.7 Å². The molecule has 2 nitrogen and oxygen atoms in total. The lowest BCUT2D eigenvalue weighted by Crippen LogP contribution is -2.24. The summed E-state index contributed by atoms with van der Waals surface area (Å²) in [6, 6.07) is 8.93. The predicted molar refractivity (Wildman–Crippen MR) is 71.7 cm³/mol. The highest BCUT2D eigenvalue weighted by Crippen LogP contribution is 2.24. The Morgan fingerprint density at radius 1 is 1.35 bits per heavy atom. The van der Waals surface area contributed by atoms with Crippen molar-refractivity contribution in [3.8, 4) is 0 Å². The van der Waals surface area contributed by atoms with E-state index < -0.39 is 0 Å². The van der Waals surface area contributed by atoms with Gasteiger partial charge in [-0.3, -0.25) is 0 Å². The van der Waals surface area contributed by atoms with Crippen molar-refractivity contribution in [2.24, 2.45) is 0 Å². The van der Waals surface area contributed by atoms with E-state index >= 15 is 0 Å². The average molecular weight is 254 g/mol. The lowest BCUT2D eigenvalue weighted by atomic mass is 9.96. The molecule has 1 saturated carbocycles. The van der Waals surface area contributed by atoms with Gasteiger partial charge in [0.1, 0.15) is 0 Å². The highest BCUT2D eigenvalue weighted by Gasteiger charge is 2.22. The highest BCUT2D eigenvalue weighted by molar-refractivity contribution is 6.30. The molecule has 94 valence electrons. The maximum absolute atomic E-state index is 5.92. The fraction of sp³-hybridized carbons (Fsp3) is 0.571. The predicted octanol–water partition coefficient (Wildman–Crippen LogP) is 3.21. The molecular weight excluding hydrogens is 234 g/mol. The number of methoxy groups -OCH3 is 1. The molecular formula is C14H20ClNO. The van der Waals surface area contributed by atoms with Crippen LogP contribution in [0.2, 0.25) is 5.02 Å². The molecule has 0 aromatic heterocycles. The molecule has 3 heteroatoms. The van der Waals surface area contributed by atoms with Crippen LogP contribution in [0.5, 0.6) is 0 Å². The van der Waals surface area contributed by atoms with Crippen molar-refractivity contribution >= 4 is 11.6 Å². The van der Waals surface area contributed by atoms with Crippen LogP contribution in [0.4, 0.5) is 0 Å². The summed E-state index contributed by atoms with van der Waals surface area (Å²) in [7, 11) is 1.76. The van der Waals surface area contributed by atoms with Crippen LogP contribution in [0.1, 0.15) is 30.7 Å². The molecule has 1 fully saturated rings. The Morgan fingerprint density at radius 3 is 2.65 bits per heavy atom. The summed E-state index contributed by atoms with van der Waals surface area (Å²) < 4.78 is 5.19. The molecule has 1 N–H and O–H groups in total. The second-order valence-corrected chi connectivity index (χ2v) is 5.15. The number of nitrogens with one attached hydrogen (secondary N) is 1. The molecule has 0 amide bonds. The Morgan fingerprint density at radius 2 is 2.06 bits per heavy atom. The maximum atomic E-state index is 5.92. The second-order valence-electron chi connectivity index (χ2n) is 4.71. The largest absolute Gasteiger partial charge is 0.385 e. The summed E-state index contributed by atoms with van der Waals surface area (Å²) in [5, 5.41) is 4.39. The molecule has 0 bridgehead atoms. The van der Waals surface area contributed by atoms with Gasteiger partial charge in [-0.05, 0) is 42.9 Å². The third kappa shape index (κ3) is 4.30. The van der Waals surface area contributed by atoms with Gasteiger partial charge in [0, 0.05) is 31.3 Å². The van der Waals surface area contributed by atoms with Gasteiger partial charge in [0.05, 0.1) is 0 Å². The lowest BCUT2D eigenvalue weighted by molar-refractivity contribution is 0.187. The van der Waals surface area contributed by atoms with E-state index in [2.05, 4.69) is 17.4 Å². The van der Waals surface area contributed by atoms with Crippen molar-refractivity contribution < 1.29 is 4.74 Å². The van der Waals surface area contributed by atoms with Crippen LogP contribution in [0.15, 0.2) is 24.3 Å². The third-order valence-corrected chi connectivity index (χ3v) is 3.49. The Kier molecular flexibility index (Phi) is 4.84. The van der Waals surface area contributed by atoms with Crippen LogP contribution in [-0.2, 0) is 4.74 Å². The Labute approximate surface area is 108 Å². The normalized spacial score (nSPS) is 17.1. The first-order chi connectivity index (χ1) is 8.29. The fourth-order valence-corrected chi connectivity index (χ4v) is 2.10. The van der Waals surface area contributed by atoms with E-state index in [9.17, 15) is 0 Å². The summed E-state index contributed by atoms with van der Waals surface area (Å²) in [5.74, 6) is 0.521. The molecule has 1 aliphatic rings. The molecule has 1 aromatic carbocycles. The van der Waals surface area contributed by atoms with Gasteiger partial charge in [-0.25, -0.2) is 0 Å². The molecule has 0 aliphatic heterocycles. The minimum atomic E-state index is 0.521. The molecule has 0 radical (unpaired) electrons. The zero-order valence-corrected chi connectivity index (χ0v) is 11.0. The van der Waals surface area contributed by atoms with E-state index in [1.807, 2.05) is 12.1 Å². The summed E-state index contributed by atoms with van der Waals surface area (Å²) in [6.45, 7) is 1.84. The zero-order chi connectivity index (χ0) is 12.1. The molecule has 1 aromatic rings. The second kappa shape index (κ2) is 6.39. The van der Waals surface area contributed by atoms with Crippen LogP contribution in [0, 0.1) is 0 Å². The van der Waals surface area contributed by atoms with Gasteiger partial charge < -0.3 is 10.1 Å². The number of halogens is 1. The number of benzene rings is 1. The van der Waals surface area contributed by atoms with Gasteiger partial charge in [-0.15, -0.1) is 0 Å². The molecule has 1 unspecified atom stereocenters. The van der Waals surface area contributed by atoms with Gasteiger partial charge in [0.25, 0.3) is 0 Å². The van der Waals surface area contributed by atoms with E-state index in [-0.39, 0.29) is 0 Å². The molecule has 17 heavy (non-hydrogen) atoms. The van der Waals surface area contributed by atoms with Gasteiger partial charge in [0.2, 0.25) is 0 Å². The molecule has 0 heterocycles. The standard InChI is InChI=1S/C14H20ClNO/c1-17-9-8-12(10-16-14-6-7-14)11-2-4-13(15)5-3-11/h2-5,12,14,16H,6-10H2,1H3. The van der Waals surface area contributed by atoms with Crippen molar-refractivity contribution in [1.82, 2.24) is 5.32 Å². The first-order valence-corrected chi connectivity index (χ1v) is 6.65. The lowest BCUT2D eigenvalue weighted by Gasteiger charge is -2.17. The van der Waals surface area contributed by atoms with E-state index in [4.69, 9.17) is 16.3 Å². The minimum Gasteiger partial charge on any atom is -0.385 e. The fourth-order valence-electron chi connectivity index (χ4n) is 1.98. The number of hydrogen-bond acceptors (Lipinski definition) is 2. The van der Waals surface area contributed by atoms with Gasteiger partial charge in [-0.2, -0.15) is 0 Å². The topological polar surface area (TPSA) is 21.3 Å². The van der Waals surface area contributed by atoms with Crippen molar-refractivity contribution in [3.63, 3.8) is 0 Å². The van der Waals surface area contributed by atoms with Crippen LogP contribution in [-0.4, -0.2) is 26.3 Å². The molecule has 2 rings (SSSR count). The van der Waals surface area contributed by atoms with Crippen molar-refractivity contribution in [2.45, 2.75) is 31.2 Å². The molecule has 0 spiro atoms. The first-order valence-electron chi connectivity index (χ1n) is 6.27. The molecule has 1 atom stereocenters. The van der Waals surface area contributed by atoms with Gasteiger partial charge in [0.15, 0.2) is 0 Å². The smallest absolute Gasteiger partial charge is 0.0468 e. The van der Waals surface area contributed by atoms with Gasteiger partial charge >= 0.3 is 0 Å². The van der Waals surface area contributed by atoms with Crippen molar-refractivity contribution in [2.75, 3.05) is 20.3 Å². The quantitative estimate of drug-likeness (QED) is 0.806. The van der Waals surface area contributed by atoms with Crippen molar-refractivity contribution in [3.05, 3.63) is 34.9 Å². The minimum absolute atomic E-state index is 0.521. The first kappa shape index (κ1) is 12.9. The number of rotatable bonds is 7. The highest BCUT2D eigenvalue weighted by atomic mass is 35.5. The van der Waals surface area contributed by atoms with Crippen LogP contribution < -0.4 is 5.32 Å². The van der Waals surface area contributed by atoms with E-state index in [1.165, 1.54) is 18.4 Å². The van der Waals surface area contributed by atoms with E-state index in [1.54, 1.807) is 7.11 Å². The zero-order valence-electron chi connectivity index (χ0n) is 10.3. The van der Waals surface area contributed by atoms with E-state index in [0.717, 1.165) is 30.6 Å². The maximum Gasteiger partial charge on any atom is 0.0468 e. The Hall–Kier alpha value is -0.570. The Bertz CT molecular complexity index is 335. The monoisotopic (exact) mass is 253 g/mol. The summed E-state index contributed by atoms with van der Waals surface area (Å²) in [4.78, 5) is 0. The summed E-state index contributed by atoms with van der Waals surface area (Å²) in [6.07, 6.45) is 3.72. The Balaban J connectivity index is 1.93. The summed E-state index contributed by atoms with van der Waals surface area (Å²) >= 11 is 5.92. The molecule has 1 aliphatic carbocycles. The third-order valence-electron chi connectivity index (χ3n) is 3.24. The van der Waals surface area contributed by atoms with Crippen LogP contribution in [0.25, 0.3) is 0 Å². The van der Waals surface area contributed by atoms with Crippen LogP contribution in [0.3, 0.4) is 0 Å². The number of hydrogen-bond donors (Lipinski definition) is 1. The SMILES string of the molecule is COCCC(CNC1CC1)c1ccc(Cl)cc1. The van der Waals surface area contributed by atoms with Crippen LogP contribution >= 0.6 is 11.6 Å². The number of ether oxygens (including phenoxy) is 1. The average Bonchev–Trinajstić information content (AvgIpc) is 3.15.